The predicted molar refractivity (Wildman–Crippen MR) is 86.5 cm³/mol. The maximum absolute atomic E-state index is 12.8. The number of hydrogen-bond acceptors (Lipinski definition) is 5. The van der Waals surface area contributed by atoms with Gasteiger partial charge < -0.3 is 9.64 Å². The van der Waals surface area contributed by atoms with Crippen LogP contribution in [0, 0.1) is 0 Å². The number of hydrogen-bond donors (Lipinski definition) is 0. The zero-order valence-corrected chi connectivity index (χ0v) is 13.7. The Kier molecular flexibility index (Phi) is 3.84. The molecule has 8 heteroatoms. The summed E-state index contributed by atoms with van der Waals surface area (Å²) in [5.74, 6) is -0.0395. The van der Waals surface area contributed by atoms with Crippen LogP contribution in [0.25, 0.3) is 11.0 Å². The molecule has 3 heterocycles. The van der Waals surface area contributed by atoms with Gasteiger partial charge >= 0.3 is 0 Å². The summed E-state index contributed by atoms with van der Waals surface area (Å²) < 4.78 is 8.74. The summed E-state index contributed by atoms with van der Waals surface area (Å²) >= 11 is 0. The van der Waals surface area contributed by atoms with Crippen molar-refractivity contribution in [3.05, 3.63) is 22.9 Å². The van der Waals surface area contributed by atoms with Gasteiger partial charge in [0.2, 0.25) is 5.91 Å². The van der Waals surface area contributed by atoms with Crippen LogP contribution < -0.4 is 5.56 Å². The Labute approximate surface area is 139 Å². The van der Waals surface area contributed by atoms with Crippen molar-refractivity contribution in [2.24, 2.45) is 7.05 Å². The highest BCUT2D eigenvalue weighted by atomic mass is 16.5. The lowest BCUT2D eigenvalue weighted by molar-refractivity contribution is -0.150. The van der Waals surface area contributed by atoms with Crippen LogP contribution in [0.4, 0.5) is 0 Å². The van der Waals surface area contributed by atoms with Crippen molar-refractivity contribution >= 4 is 16.9 Å². The van der Waals surface area contributed by atoms with Gasteiger partial charge in [-0.25, -0.2) is 4.98 Å². The average Bonchev–Trinajstić information content (AvgIpc) is 2.98. The number of fused-ring (bicyclic) bond motifs is 2. The molecule has 2 atom stereocenters. The molecule has 0 spiro atoms. The highest BCUT2D eigenvalue weighted by molar-refractivity contribution is 5.77. The normalized spacial score (nSPS) is 24.1. The van der Waals surface area contributed by atoms with Gasteiger partial charge in [0.15, 0.2) is 5.65 Å². The second-order valence-electron chi connectivity index (χ2n) is 6.53. The molecule has 2 aromatic rings. The summed E-state index contributed by atoms with van der Waals surface area (Å²) in [6.45, 7) is 1.18. The molecule has 24 heavy (non-hydrogen) atoms. The molecule has 0 unspecified atom stereocenters. The van der Waals surface area contributed by atoms with Gasteiger partial charge in [-0.05, 0) is 12.8 Å². The summed E-state index contributed by atoms with van der Waals surface area (Å²) in [5, 5.41) is 4.49. The number of rotatable bonds is 2. The third-order valence-electron chi connectivity index (χ3n) is 5.08. The van der Waals surface area contributed by atoms with Crippen LogP contribution >= 0.6 is 0 Å². The van der Waals surface area contributed by atoms with Crippen LogP contribution in [0.5, 0.6) is 0 Å². The first kappa shape index (κ1) is 15.3. The van der Waals surface area contributed by atoms with Gasteiger partial charge in [0.05, 0.1) is 24.9 Å². The highest BCUT2D eigenvalue weighted by Gasteiger charge is 2.36. The lowest BCUT2D eigenvalue weighted by atomic mass is 9.90. The molecule has 2 fully saturated rings. The number of morpholine rings is 1. The van der Waals surface area contributed by atoms with Gasteiger partial charge in [-0.15, -0.1) is 0 Å². The number of nitrogens with zero attached hydrogens (tertiary/aromatic N) is 5. The number of aryl methyl sites for hydroxylation is 1. The molecule has 8 nitrogen and oxygen atoms in total. The Balaban J connectivity index is 1.57. The van der Waals surface area contributed by atoms with E-state index in [9.17, 15) is 9.59 Å². The van der Waals surface area contributed by atoms with Gasteiger partial charge in [0, 0.05) is 13.6 Å². The van der Waals surface area contributed by atoms with Crippen LogP contribution in [0.2, 0.25) is 0 Å². The summed E-state index contributed by atoms with van der Waals surface area (Å²) in [5.41, 5.74) is 0.303. The molecule has 1 aliphatic heterocycles. The second-order valence-corrected chi connectivity index (χ2v) is 6.53. The molecule has 4 rings (SSSR count). The number of carbonyl (C=O) groups excluding carboxylic acids is 1. The molecule has 0 radical (unpaired) electrons. The topological polar surface area (TPSA) is 82.2 Å². The molecule has 1 saturated carbocycles. The van der Waals surface area contributed by atoms with E-state index in [2.05, 4.69) is 10.1 Å². The molecular formula is C16H21N5O3. The Morgan fingerprint density at radius 1 is 1.38 bits per heavy atom. The molecule has 128 valence electrons. The molecule has 1 amide bonds. The van der Waals surface area contributed by atoms with Crippen molar-refractivity contribution < 1.29 is 9.53 Å². The minimum atomic E-state index is -0.227. The van der Waals surface area contributed by atoms with E-state index in [4.69, 9.17) is 4.74 Å². The van der Waals surface area contributed by atoms with E-state index in [1.165, 1.54) is 17.1 Å². The van der Waals surface area contributed by atoms with E-state index in [-0.39, 0.29) is 30.2 Å². The Morgan fingerprint density at radius 2 is 2.21 bits per heavy atom. The quantitative estimate of drug-likeness (QED) is 0.790. The van der Waals surface area contributed by atoms with E-state index in [0.717, 1.165) is 25.7 Å². The minimum absolute atomic E-state index is 0.0138. The van der Waals surface area contributed by atoms with Crippen molar-refractivity contribution in [2.45, 2.75) is 44.4 Å². The third-order valence-corrected chi connectivity index (χ3v) is 5.08. The first-order valence-electron chi connectivity index (χ1n) is 8.43. The molecule has 2 aromatic heterocycles. The van der Waals surface area contributed by atoms with Crippen molar-refractivity contribution in [3.63, 3.8) is 0 Å². The Bertz CT molecular complexity index is 825. The summed E-state index contributed by atoms with van der Waals surface area (Å²) in [4.78, 5) is 31.4. The maximum atomic E-state index is 12.8. The molecular weight excluding hydrogens is 310 g/mol. The van der Waals surface area contributed by atoms with E-state index in [1.54, 1.807) is 11.7 Å². The SMILES string of the molecule is Cn1ncc2c(=O)n(CC(=O)N3CCO[C@H]4CCCC[C@@H]43)cnc21. The second kappa shape index (κ2) is 6.01. The smallest absolute Gasteiger partial charge is 0.264 e. The monoisotopic (exact) mass is 331 g/mol. The lowest BCUT2D eigenvalue weighted by Crippen LogP contribution is -2.55. The molecule has 0 aromatic carbocycles. The standard InChI is InChI=1S/C16H21N5O3/c1-19-15-11(8-18-19)16(23)20(10-17-15)9-14(22)21-6-7-24-13-5-3-2-4-12(13)21/h8,10,12-13H,2-7,9H2,1H3/t12-,13-/m0/s1. The van der Waals surface area contributed by atoms with Gasteiger partial charge in [0.25, 0.3) is 5.56 Å². The first-order valence-corrected chi connectivity index (χ1v) is 8.43. The van der Waals surface area contributed by atoms with E-state index in [1.807, 2.05) is 4.90 Å². The van der Waals surface area contributed by atoms with Crippen LogP contribution in [0.3, 0.4) is 0 Å². The number of carbonyl (C=O) groups is 1. The number of aromatic nitrogens is 4. The molecule has 1 saturated heterocycles. The summed E-state index contributed by atoms with van der Waals surface area (Å²) in [6.07, 6.45) is 7.34. The van der Waals surface area contributed by atoms with Crippen LogP contribution in [0.1, 0.15) is 25.7 Å². The fraction of sp³-hybridized carbons (Fsp3) is 0.625. The van der Waals surface area contributed by atoms with Crippen molar-refractivity contribution in [1.29, 1.82) is 0 Å². The molecule has 0 bridgehead atoms. The van der Waals surface area contributed by atoms with Crippen LogP contribution in [-0.2, 0) is 23.1 Å². The molecule has 1 aliphatic carbocycles. The number of amides is 1. The van der Waals surface area contributed by atoms with E-state index < -0.39 is 0 Å². The molecule has 0 N–H and O–H groups in total. The average molecular weight is 331 g/mol. The van der Waals surface area contributed by atoms with Crippen molar-refractivity contribution in [2.75, 3.05) is 13.2 Å². The van der Waals surface area contributed by atoms with Crippen molar-refractivity contribution in [3.8, 4) is 0 Å². The highest BCUT2D eigenvalue weighted by Crippen LogP contribution is 2.28. The first-order chi connectivity index (χ1) is 11.6. The lowest BCUT2D eigenvalue weighted by Gasteiger charge is -2.43. The Hall–Kier alpha value is -2.22. The summed E-state index contributed by atoms with van der Waals surface area (Å²) in [7, 11) is 1.74. The van der Waals surface area contributed by atoms with E-state index >= 15 is 0 Å². The van der Waals surface area contributed by atoms with Gasteiger partial charge in [-0.3, -0.25) is 18.8 Å². The fourth-order valence-electron chi connectivity index (χ4n) is 3.82. The van der Waals surface area contributed by atoms with Gasteiger partial charge in [-0.2, -0.15) is 5.10 Å². The van der Waals surface area contributed by atoms with Crippen LogP contribution in [-0.4, -0.2) is 55.4 Å². The van der Waals surface area contributed by atoms with E-state index in [0.29, 0.717) is 24.2 Å². The van der Waals surface area contributed by atoms with Crippen LogP contribution in [0.15, 0.2) is 17.3 Å². The summed E-state index contributed by atoms with van der Waals surface area (Å²) in [6, 6.07) is 0.144. The van der Waals surface area contributed by atoms with Crippen molar-refractivity contribution in [1.82, 2.24) is 24.2 Å². The predicted octanol–water partition coefficient (Wildman–Crippen LogP) is 0.300. The fourth-order valence-corrected chi connectivity index (χ4v) is 3.82. The third kappa shape index (κ3) is 2.50. The number of ether oxygens (including phenoxy) is 1. The van der Waals surface area contributed by atoms with Gasteiger partial charge in [0.1, 0.15) is 18.3 Å². The zero-order chi connectivity index (χ0) is 16.7. The minimum Gasteiger partial charge on any atom is -0.374 e. The Morgan fingerprint density at radius 3 is 3.08 bits per heavy atom. The van der Waals surface area contributed by atoms with Gasteiger partial charge in [-0.1, -0.05) is 12.8 Å². The molecule has 2 aliphatic rings. The zero-order valence-electron chi connectivity index (χ0n) is 13.7. The largest absolute Gasteiger partial charge is 0.374 e. The maximum Gasteiger partial charge on any atom is 0.264 e.